The molecule has 0 heterocycles. The number of carbonyl (C=O) groups excluding carboxylic acids is 2. The van der Waals surface area contributed by atoms with Crippen LogP contribution in [-0.4, -0.2) is 43.8 Å². The lowest BCUT2D eigenvalue weighted by Crippen LogP contribution is -2.55. The first kappa shape index (κ1) is 36.4. The number of hydrogen-bond donors (Lipinski definition) is 1. The number of nitrogens with one attached hydrogen (secondary N) is 1. The van der Waals surface area contributed by atoms with E-state index in [2.05, 4.69) is 5.32 Å². The summed E-state index contributed by atoms with van der Waals surface area (Å²) in [5.74, 6) is -0.823. The smallest absolute Gasteiger partial charge is 0.264 e. The fourth-order valence-electron chi connectivity index (χ4n) is 6.29. The van der Waals surface area contributed by atoms with Crippen molar-refractivity contribution in [3.8, 4) is 0 Å². The van der Waals surface area contributed by atoms with Gasteiger partial charge in [0.25, 0.3) is 10.0 Å². The van der Waals surface area contributed by atoms with Gasteiger partial charge in [0, 0.05) is 29.1 Å². The number of aryl methyl sites for hydroxylation is 2. The average molecular weight is 721 g/mol. The molecule has 0 radical (unpaired) electrons. The Balaban J connectivity index is 1.60. The van der Waals surface area contributed by atoms with Gasteiger partial charge in [-0.1, -0.05) is 109 Å². The van der Waals surface area contributed by atoms with Gasteiger partial charge < -0.3 is 10.2 Å². The summed E-state index contributed by atoms with van der Waals surface area (Å²) in [4.78, 5) is 30.7. The fourth-order valence-corrected chi connectivity index (χ4v) is 8.23. The highest BCUT2D eigenvalue weighted by Crippen LogP contribution is 2.30. The van der Waals surface area contributed by atoms with Crippen LogP contribution in [0.2, 0.25) is 10.0 Å². The number of hydrogen-bond acceptors (Lipinski definition) is 4. The van der Waals surface area contributed by atoms with Gasteiger partial charge in [-0.2, -0.15) is 0 Å². The average Bonchev–Trinajstić information content (AvgIpc) is 3.08. The topological polar surface area (TPSA) is 86.8 Å². The van der Waals surface area contributed by atoms with Crippen LogP contribution in [0, 0.1) is 20.8 Å². The predicted molar refractivity (Wildman–Crippen MR) is 198 cm³/mol. The number of anilines is 1. The van der Waals surface area contributed by atoms with Crippen LogP contribution in [0.15, 0.2) is 95.9 Å². The van der Waals surface area contributed by atoms with Gasteiger partial charge in [-0.25, -0.2) is 8.42 Å². The van der Waals surface area contributed by atoms with Gasteiger partial charge in [0.1, 0.15) is 12.6 Å². The van der Waals surface area contributed by atoms with Crippen LogP contribution in [-0.2, 0) is 32.6 Å². The van der Waals surface area contributed by atoms with E-state index in [9.17, 15) is 18.0 Å². The normalized spacial score (nSPS) is 14.2. The molecule has 4 aromatic rings. The van der Waals surface area contributed by atoms with Gasteiger partial charge in [0.2, 0.25) is 11.8 Å². The second-order valence-electron chi connectivity index (χ2n) is 12.9. The van der Waals surface area contributed by atoms with Gasteiger partial charge in [-0.05, 0) is 86.2 Å². The van der Waals surface area contributed by atoms with Crippen molar-refractivity contribution in [3.05, 3.63) is 129 Å². The molecule has 1 fully saturated rings. The standard InChI is InChI=1S/C39H43Cl2N3O4S/c1-27-17-21-34(22-18-27)49(47,48)44(36-16-10-11-28(2)29(36)3)26-38(45)43(25-31-19-20-32(40)24-35(31)41)37(23-30-12-6-4-7-13-30)39(46)42-33-14-8-5-9-15-33/h4,6-7,10-13,16-22,24,33,37H,5,8-9,14-15,23,25-26H2,1-3H3,(H,42,46)/t37-/m1/s1. The molecule has 5 rings (SSSR count). The van der Waals surface area contributed by atoms with Crippen molar-refractivity contribution in [1.29, 1.82) is 0 Å². The van der Waals surface area contributed by atoms with Crippen molar-refractivity contribution in [1.82, 2.24) is 10.2 Å². The van der Waals surface area contributed by atoms with Crippen molar-refractivity contribution in [2.45, 2.75) is 82.8 Å². The molecule has 258 valence electrons. The molecule has 2 amide bonds. The number of nitrogens with zero attached hydrogens (tertiary/aromatic N) is 2. The Hall–Kier alpha value is -3.85. The lowest BCUT2D eigenvalue weighted by molar-refractivity contribution is -0.140. The summed E-state index contributed by atoms with van der Waals surface area (Å²) >= 11 is 12.9. The molecule has 0 aliphatic heterocycles. The first-order chi connectivity index (χ1) is 23.4. The summed E-state index contributed by atoms with van der Waals surface area (Å²) in [5, 5.41) is 4.01. The van der Waals surface area contributed by atoms with Crippen LogP contribution in [0.25, 0.3) is 0 Å². The molecule has 1 N–H and O–H groups in total. The van der Waals surface area contributed by atoms with Gasteiger partial charge in [-0.15, -0.1) is 0 Å². The lowest BCUT2D eigenvalue weighted by Gasteiger charge is -2.35. The minimum absolute atomic E-state index is 0.00366. The number of benzene rings is 4. The Morgan fingerprint density at radius 3 is 2.22 bits per heavy atom. The van der Waals surface area contributed by atoms with E-state index in [4.69, 9.17) is 23.2 Å². The maximum Gasteiger partial charge on any atom is 0.264 e. The highest BCUT2D eigenvalue weighted by molar-refractivity contribution is 7.92. The SMILES string of the molecule is Cc1ccc(S(=O)(=O)N(CC(=O)N(Cc2ccc(Cl)cc2Cl)[C@H](Cc2ccccc2)C(=O)NC2CCCCC2)c2cccc(C)c2C)cc1. The number of amides is 2. The van der Waals surface area contributed by atoms with Gasteiger partial charge in [-0.3, -0.25) is 13.9 Å². The van der Waals surface area contributed by atoms with E-state index < -0.39 is 28.5 Å². The predicted octanol–water partition coefficient (Wildman–Crippen LogP) is 8.20. The lowest BCUT2D eigenvalue weighted by atomic mass is 9.94. The molecule has 0 spiro atoms. The fraction of sp³-hybridized carbons (Fsp3) is 0.333. The molecule has 49 heavy (non-hydrogen) atoms. The van der Waals surface area contributed by atoms with E-state index in [1.807, 2.05) is 57.2 Å². The van der Waals surface area contributed by atoms with E-state index in [-0.39, 0.29) is 29.8 Å². The van der Waals surface area contributed by atoms with Gasteiger partial charge >= 0.3 is 0 Å². The van der Waals surface area contributed by atoms with E-state index in [1.165, 1.54) is 4.90 Å². The first-order valence-electron chi connectivity index (χ1n) is 16.7. The number of carbonyl (C=O) groups is 2. The van der Waals surface area contributed by atoms with Crippen LogP contribution < -0.4 is 9.62 Å². The van der Waals surface area contributed by atoms with Crippen LogP contribution in [0.4, 0.5) is 5.69 Å². The largest absolute Gasteiger partial charge is 0.352 e. The third-order valence-corrected chi connectivity index (χ3v) is 11.7. The third kappa shape index (κ3) is 9.04. The summed E-state index contributed by atoms with van der Waals surface area (Å²) in [7, 11) is -4.21. The summed E-state index contributed by atoms with van der Waals surface area (Å²) < 4.78 is 30.0. The van der Waals surface area contributed by atoms with E-state index in [0.29, 0.717) is 21.3 Å². The molecule has 1 aliphatic rings. The highest BCUT2D eigenvalue weighted by Gasteiger charge is 2.36. The second-order valence-corrected chi connectivity index (χ2v) is 15.6. The molecular formula is C39H43Cl2N3O4S. The van der Waals surface area contributed by atoms with E-state index in [1.54, 1.807) is 54.6 Å². The third-order valence-electron chi connectivity index (χ3n) is 9.31. The Kier molecular flexibility index (Phi) is 12.1. The Morgan fingerprint density at radius 1 is 0.857 bits per heavy atom. The van der Waals surface area contributed by atoms with Crippen LogP contribution in [0.1, 0.15) is 59.9 Å². The molecule has 0 saturated heterocycles. The maximum absolute atomic E-state index is 14.8. The van der Waals surface area contributed by atoms with Crippen LogP contribution in [0.5, 0.6) is 0 Å². The Labute approximate surface area is 300 Å². The Bertz CT molecular complexity index is 1880. The highest BCUT2D eigenvalue weighted by atomic mass is 35.5. The summed E-state index contributed by atoms with van der Waals surface area (Å²) in [6.45, 7) is 5.06. The number of sulfonamides is 1. The van der Waals surface area contributed by atoms with Crippen molar-refractivity contribution >= 4 is 50.7 Å². The molecule has 0 unspecified atom stereocenters. The zero-order valence-electron chi connectivity index (χ0n) is 28.2. The molecule has 4 aromatic carbocycles. The van der Waals surface area contributed by atoms with E-state index in [0.717, 1.165) is 58.7 Å². The summed E-state index contributed by atoms with van der Waals surface area (Å²) in [6, 6.07) is 25.5. The van der Waals surface area contributed by atoms with Crippen LogP contribution in [0.3, 0.4) is 0 Å². The summed E-state index contributed by atoms with van der Waals surface area (Å²) in [6.07, 6.45) is 5.15. The number of halogens is 2. The maximum atomic E-state index is 14.8. The second kappa shape index (κ2) is 16.2. The van der Waals surface area contributed by atoms with Gasteiger partial charge in [0.05, 0.1) is 10.6 Å². The minimum atomic E-state index is -4.21. The van der Waals surface area contributed by atoms with Gasteiger partial charge in [0.15, 0.2) is 0 Å². The molecule has 1 aliphatic carbocycles. The van der Waals surface area contributed by atoms with Crippen LogP contribution >= 0.6 is 23.2 Å². The minimum Gasteiger partial charge on any atom is -0.352 e. The molecule has 0 aromatic heterocycles. The molecule has 0 bridgehead atoms. The molecule has 10 heteroatoms. The number of rotatable bonds is 12. The monoisotopic (exact) mass is 719 g/mol. The summed E-state index contributed by atoms with van der Waals surface area (Å²) in [5.41, 5.74) is 4.37. The van der Waals surface area contributed by atoms with Crippen molar-refractivity contribution in [2.24, 2.45) is 0 Å². The quantitative estimate of drug-likeness (QED) is 0.160. The Morgan fingerprint density at radius 2 is 1.55 bits per heavy atom. The van der Waals surface area contributed by atoms with Crippen molar-refractivity contribution in [3.63, 3.8) is 0 Å². The molecule has 1 atom stereocenters. The molecule has 1 saturated carbocycles. The first-order valence-corrected chi connectivity index (χ1v) is 18.9. The zero-order valence-corrected chi connectivity index (χ0v) is 30.5. The van der Waals surface area contributed by atoms with Crippen molar-refractivity contribution < 1.29 is 18.0 Å². The van der Waals surface area contributed by atoms with Crippen molar-refractivity contribution in [2.75, 3.05) is 10.8 Å². The molecular weight excluding hydrogens is 677 g/mol. The molecule has 7 nitrogen and oxygen atoms in total. The zero-order chi connectivity index (χ0) is 35.1. The van der Waals surface area contributed by atoms with E-state index >= 15 is 0 Å².